The lowest BCUT2D eigenvalue weighted by Crippen LogP contribution is -2.06. The highest BCUT2D eigenvalue weighted by molar-refractivity contribution is 5.84. The van der Waals surface area contributed by atoms with Crippen LogP contribution in [-0.4, -0.2) is 9.61 Å². The first-order chi connectivity index (χ1) is 13.2. The van der Waals surface area contributed by atoms with Crippen molar-refractivity contribution in [2.24, 2.45) is 0 Å². The fourth-order valence-electron chi connectivity index (χ4n) is 3.64. The van der Waals surface area contributed by atoms with Gasteiger partial charge in [-0.3, -0.25) is 0 Å². The van der Waals surface area contributed by atoms with Crippen LogP contribution < -0.4 is 0 Å². The number of nitrogens with zero attached hydrogens (tertiary/aromatic N) is 3. The summed E-state index contributed by atoms with van der Waals surface area (Å²) in [5, 5.41) is 14.0. The molecule has 0 saturated carbocycles. The van der Waals surface area contributed by atoms with Crippen LogP contribution in [0.3, 0.4) is 0 Å². The predicted molar refractivity (Wildman–Crippen MR) is 109 cm³/mol. The van der Waals surface area contributed by atoms with Crippen LogP contribution in [-0.2, 0) is 12.8 Å². The SMILES string of the molecule is CCc1ccc2c(-c3ccc(C#N)cc3)c(Cc3ccccc3)c(C)nn12. The van der Waals surface area contributed by atoms with Crippen LogP contribution >= 0.6 is 0 Å². The molecule has 0 aliphatic rings. The van der Waals surface area contributed by atoms with Gasteiger partial charge in [-0.25, -0.2) is 4.52 Å². The number of benzene rings is 2. The molecule has 132 valence electrons. The highest BCUT2D eigenvalue weighted by Gasteiger charge is 2.17. The molecule has 0 amide bonds. The van der Waals surface area contributed by atoms with Crippen molar-refractivity contribution < 1.29 is 0 Å². The normalized spacial score (nSPS) is 10.9. The Morgan fingerprint density at radius 2 is 1.70 bits per heavy atom. The summed E-state index contributed by atoms with van der Waals surface area (Å²) in [5.41, 5.74) is 8.86. The number of aryl methyl sites for hydroxylation is 2. The summed E-state index contributed by atoms with van der Waals surface area (Å²) in [6.07, 6.45) is 1.77. The second-order valence-corrected chi connectivity index (χ2v) is 6.77. The van der Waals surface area contributed by atoms with E-state index in [2.05, 4.69) is 60.8 Å². The van der Waals surface area contributed by atoms with Crippen molar-refractivity contribution in [3.8, 4) is 17.2 Å². The van der Waals surface area contributed by atoms with Crippen LogP contribution in [0.2, 0.25) is 0 Å². The summed E-state index contributed by atoms with van der Waals surface area (Å²) in [4.78, 5) is 0. The number of rotatable bonds is 4. The van der Waals surface area contributed by atoms with Gasteiger partial charge in [0.25, 0.3) is 0 Å². The molecule has 0 aliphatic carbocycles. The van der Waals surface area contributed by atoms with E-state index < -0.39 is 0 Å². The van der Waals surface area contributed by atoms with Crippen LogP contribution in [0.4, 0.5) is 0 Å². The van der Waals surface area contributed by atoms with Gasteiger partial charge in [0.15, 0.2) is 0 Å². The Labute approximate surface area is 159 Å². The summed E-state index contributed by atoms with van der Waals surface area (Å²) < 4.78 is 2.07. The Morgan fingerprint density at radius 3 is 2.37 bits per heavy atom. The highest BCUT2D eigenvalue weighted by Crippen LogP contribution is 2.33. The molecule has 4 rings (SSSR count). The van der Waals surface area contributed by atoms with Crippen molar-refractivity contribution in [2.45, 2.75) is 26.7 Å². The zero-order valence-electron chi connectivity index (χ0n) is 15.6. The Morgan fingerprint density at radius 1 is 0.963 bits per heavy atom. The smallest absolute Gasteiger partial charge is 0.0991 e. The average Bonchev–Trinajstić information content (AvgIpc) is 3.11. The lowest BCUT2D eigenvalue weighted by molar-refractivity contribution is 0.828. The van der Waals surface area contributed by atoms with Crippen molar-refractivity contribution in [2.75, 3.05) is 0 Å². The van der Waals surface area contributed by atoms with Crippen molar-refractivity contribution in [3.63, 3.8) is 0 Å². The van der Waals surface area contributed by atoms with E-state index in [1.807, 2.05) is 30.3 Å². The molecule has 0 aliphatic heterocycles. The summed E-state index contributed by atoms with van der Waals surface area (Å²) in [6.45, 7) is 4.24. The third-order valence-electron chi connectivity index (χ3n) is 5.07. The van der Waals surface area contributed by atoms with Gasteiger partial charge >= 0.3 is 0 Å². The van der Waals surface area contributed by atoms with E-state index in [0.717, 1.165) is 29.6 Å². The van der Waals surface area contributed by atoms with Crippen LogP contribution in [0.1, 0.15) is 35.0 Å². The molecule has 0 saturated heterocycles. The molecule has 0 N–H and O–H groups in total. The summed E-state index contributed by atoms with van der Waals surface area (Å²) in [7, 11) is 0. The molecule has 4 aromatic rings. The molecule has 0 radical (unpaired) electrons. The zero-order chi connectivity index (χ0) is 18.8. The molecular formula is C24H21N3. The van der Waals surface area contributed by atoms with E-state index in [1.165, 1.54) is 22.4 Å². The Kier molecular flexibility index (Phi) is 4.48. The van der Waals surface area contributed by atoms with E-state index >= 15 is 0 Å². The van der Waals surface area contributed by atoms with E-state index in [4.69, 9.17) is 10.4 Å². The zero-order valence-corrected chi connectivity index (χ0v) is 15.6. The summed E-state index contributed by atoms with van der Waals surface area (Å²) in [5.74, 6) is 0. The lowest BCUT2D eigenvalue weighted by atomic mass is 9.93. The second-order valence-electron chi connectivity index (χ2n) is 6.77. The quantitative estimate of drug-likeness (QED) is 0.498. The molecule has 2 heterocycles. The van der Waals surface area contributed by atoms with Crippen molar-refractivity contribution in [3.05, 3.63) is 94.8 Å². The van der Waals surface area contributed by atoms with Gasteiger partial charge in [-0.1, -0.05) is 49.4 Å². The summed E-state index contributed by atoms with van der Waals surface area (Å²) in [6, 6.07) is 24.9. The largest absolute Gasteiger partial charge is 0.237 e. The second kappa shape index (κ2) is 7.09. The molecule has 0 spiro atoms. The fraction of sp³-hybridized carbons (Fsp3) is 0.167. The molecule has 0 atom stereocenters. The number of hydrogen-bond donors (Lipinski definition) is 0. The Hall–Kier alpha value is -3.38. The van der Waals surface area contributed by atoms with Crippen LogP contribution in [0.25, 0.3) is 16.6 Å². The molecule has 3 heteroatoms. The first kappa shape index (κ1) is 17.1. The maximum Gasteiger partial charge on any atom is 0.0991 e. The standard InChI is InChI=1S/C24H21N3/c1-3-21-13-14-23-24(20-11-9-19(16-25)10-12-20)22(17(2)26-27(21)23)15-18-7-5-4-6-8-18/h4-14H,3,15H2,1-2H3. The lowest BCUT2D eigenvalue weighted by Gasteiger charge is -2.16. The predicted octanol–water partition coefficient (Wildman–Crippen LogP) is 5.33. The molecule has 2 aromatic carbocycles. The van der Waals surface area contributed by atoms with Gasteiger partial charge < -0.3 is 0 Å². The Balaban J connectivity index is 1.97. The minimum absolute atomic E-state index is 0.676. The number of nitriles is 1. The topological polar surface area (TPSA) is 41.1 Å². The maximum absolute atomic E-state index is 9.14. The van der Waals surface area contributed by atoms with Crippen LogP contribution in [0.15, 0.2) is 66.7 Å². The first-order valence-electron chi connectivity index (χ1n) is 9.25. The molecule has 0 bridgehead atoms. The van der Waals surface area contributed by atoms with Gasteiger partial charge in [0, 0.05) is 11.3 Å². The van der Waals surface area contributed by atoms with Gasteiger partial charge in [-0.05, 0) is 60.7 Å². The van der Waals surface area contributed by atoms with E-state index in [9.17, 15) is 0 Å². The van der Waals surface area contributed by atoms with E-state index in [0.29, 0.717) is 5.56 Å². The van der Waals surface area contributed by atoms with E-state index in [-0.39, 0.29) is 0 Å². The van der Waals surface area contributed by atoms with Crippen LogP contribution in [0.5, 0.6) is 0 Å². The average molecular weight is 351 g/mol. The monoisotopic (exact) mass is 351 g/mol. The molecule has 2 aromatic heterocycles. The molecule has 0 fully saturated rings. The van der Waals surface area contributed by atoms with Crippen molar-refractivity contribution >= 4 is 5.52 Å². The number of fused-ring (bicyclic) bond motifs is 1. The van der Waals surface area contributed by atoms with Crippen LogP contribution in [0, 0.1) is 18.3 Å². The van der Waals surface area contributed by atoms with Gasteiger partial charge in [0.2, 0.25) is 0 Å². The van der Waals surface area contributed by atoms with Gasteiger partial charge in [0.05, 0.1) is 22.8 Å². The van der Waals surface area contributed by atoms with Gasteiger partial charge in [-0.15, -0.1) is 0 Å². The fourth-order valence-corrected chi connectivity index (χ4v) is 3.64. The van der Waals surface area contributed by atoms with Crippen molar-refractivity contribution in [1.29, 1.82) is 5.26 Å². The van der Waals surface area contributed by atoms with Crippen molar-refractivity contribution in [1.82, 2.24) is 9.61 Å². The first-order valence-corrected chi connectivity index (χ1v) is 9.25. The molecule has 3 nitrogen and oxygen atoms in total. The third-order valence-corrected chi connectivity index (χ3v) is 5.07. The van der Waals surface area contributed by atoms with E-state index in [1.54, 1.807) is 0 Å². The Bertz CT molecular complexity index is 1130. The molecular weight excluding hydrogens is 330 g/mol. The number of hydrogen-bond acceptors (Lipinski definition) is 2. The summed E-state index contributed by atoms with van der Waals surface area (Å²) >= 11 is 0. The third kappa shape index (κ3) is 3.11. The highest BCUT2D eigenvalue weighted by atomic mass is 15.2. The minimum Gasteiger partial charge on any atom is -0.237 e. The maximum atomic E-state index is 9.14. The number of aromatic nitrogens is 2. The molecule has 0 unspecified atom stereocenters. The van der Waals surface area contributed by atoms with Gasteiger partial charge in [0.1, 0.15) is 0 Å². The molecule has 27 heavy (non-hydrogen) atoms. The van der Waals surface area contributed by atoms with Gasteiger partial charge in [-0.2, -0.15) is 10.4 Å². The minimum atomic E-state index is 0.676.